The summed E-state index contributed by atoms with van der Waals surface area (Å²) in [6.07, 6.45) is 3.99. The molecule has 0 aliphatic rings. The molecule has 2 aromatic heterocycles. The predicted molar refractivity (Wildman–Crippen MR) is 49.5 cm³/mol. The summed E-state index contributed by atoms with van der Waals surface area (Å²) in [5.41, 5.74) is 1.54. The zero-order chi connectivity index (χ0) is 9.26. The Morgan fingerprint density at radius 2 is 2.46 bits per heavy atom. The summed E-state index contributed by atoms with van der Waals surface area (Å²) < 4.78 is 1.85. The Morgan fingerprint density at radius 1 is 1.62 bits per heavy atom. The average molecular weight is 192 g/mol. The number of nitriles is 1. The standard InChI is InChI=1S/C9H6ClN3/c10-7-2-4-13-6-8(1-3-11)12-9(13)5-7/h2,4-6H,1H2. The van der Waals surface area contributed by atoms with Gasteiger partial charge in [-0.2, -0.15) is 5.26 Å². The van der Waals surface area contributed by atoms with Gasteiger partial charge in [-0.25, -0.2) is 4.98 Å². The topological polar surface area (TPSA) is 41.1 Å². The van der Waals surface area contributed by atoms with Crippen LogP contribution in [0.15, 0.2) is 24.5 Å². The van der Waals surface area contributed by atoms with E-state index in [9.17, 15) is 0 Å². The molecule has 0 aliphatic heterocycles. The lowest BCUT2D eigenvalue weighted by molar-refractivity contribution is 1.16. The molecule has 0 fully saturated rings. The first-order valence-corrected chi connectivity index (χ1v) is 4.17. The molecule has 0 N–H and O–H groups in total. The molecule has 0 spiro atoms. The van der Waals surface area contributed by atoms with Crippen LogP contribution in [-0.2, 0) is 6.42 Å². The number of hydrogen-bond acceptors (Lipinski definition) is 2. The minimum Gasteiger partial charge on any atom is -0.307 e. The highest BCUT2D eigenvalue weighted by atomic mass is 35.5. The van der Waals surface area contributed by atoms with Gasteiger partial charge >= 0.3 is 0 Å². The molecule has 0 amide bonds. The quantitative estimate of drug-likeness (QED) is 0.692. The molecule has 3 nitrogen and oxygen atoms in total. The van der Waals surface area contributed by atoms with Crippen LogP contribution < -0.4 is 0 Å². The van der Waals surface area contributed by atoms with Crippen LogP contribution in [0.2, 0.25) is 5.02 Å². The second-order valence-electron chi connectivity index (χ2n) is 2.68. The third-order valence-corrected chi connectivity index (χ3v) is 1.97. The summed E-state index contributed by atoms with van der Waals surface area (Å²) in [6.45, 7) is 0. The molecule has 0 saturated heterocycles. The maximum Gasteiger partial charge on any atom is 0.138 e. The Labute approximate surface area is 80.2 Å². The van der Waals surface area contributed by atoms with Crippen LogP contribution in [0.1, 0.15) is 5.69 Å². The third-order valence-electron chi connectivity index (χ3n) is 1.73. The maximum absolute atomic E-state index is 8.47. The molecule has 0 saturated carbocycles. The fourth-order valence-corrected chi connectivity index (χ4v) is 1.33. The van der Waals surface area contributed by atoms with Crippen LogP contribution in [0.3, 0.4) is 0 Å². The Morgan fingerprint density at radius 3 is 3.23 bits per heavy atom. The Hall–Kier alpha value is -1.53. The lowest BCUT2D eigenvalue weighted by Crippen LogP contribution is -1.79. The third kappa shape index (κ3) is 1.49. The number of halogens is 1. The van der Waals surface area contributed by atoms with Crippen LogP contribution in [0, 0.1) is 11.3 Å². The molecule has 13 heavy (non-hydrogen) atoms. The molecule has 0 atom stereocenters. The molecule has 2 heterocycles. The summed E-state index contributed by atoms with van der Waals surface area (Å²) in [5, 5.41) is 9.13. The van der Waals surface area contributed by atoms with E-state index in [1.165, 1.54) is 0 Å². The lowest BCUT2D eigenvalue weighted by Gasteiger charge is -1.90. The van der Waals surface area contributed by atoms with E-state index < -0.39 is 0 Å². The van der Waals surface area contributed by atoms with Crippen LogP contribution in [0.4, 0.5) is 0 Å². The van der Waals surface area contributed by atoms with E-state index in [0.29, 0.717) is 11.4 Å². The predicted octanol–water partition coefficient (Wildman–Crippen LogP) is 2.05. The first-order valence-electron chi connectivity index (χ1n) is 3.79. The number of rotatable bonds is 1. The monoisotopic (exact) mass is 191 g/mol. The highest BCUT2D eigenvalue weighted by molar-refractivity contribution is 6.30. The Balaban J connectivity index is 2.57. The fourth-order valence-electron chi connectivity index (χ4n) is 1.18. The van der Waals surface area contributed by atoms with Crippen molar-refractivity contribution in [3.63, 3.8) is 0 Å². The van der Waals surface area contributed by atoms with E-state index in [4.69, 9.17) is 16.9 Å². The van der Waals surface area contributed by atoms with Gasteiger partial charge in [-0.1, -0.05) is 11.6 Å². The second-order valence-corrected chi connectivity index (χ2v) is 3.11. The first kappa shape index (κ1) is 8.09. The number of aromatic nitrogens is 2. The number of nitrogens with zero attached hydrogens (tertiary/aromatic N) is 3. The van der Waals surface area contributed by atoms with Gasteiger partial charge in [-0.3, -0.25) is 0 Å². The zero-order valence-corrected chi connectivity index (χ0v) is 7.49. The molecule has 0 radical (unpaired) electrons. The van der Waals surface area contributed by atoms with Gasteiger partial charge in [0.1, 0.15) is 5.65 Å². The van der Waals surface area contributed by atoms with E-state index in [1.54, 1.807) is 12.1 Å². The SMILES string of the molecule is N#CCc1cn2ccc(Cl)cc2n1. The van der Waals surface area contributed by atoms with Crippen molar-refractivity contribution in [3.8, 4) is 6.07 Å². The van der Waals surface area contributed by atoms with Crippen molar-refractivity contribution in [2.45, 2.75) is 6.42 Å². The number of fused-ring (bicyclic) bond motifs is 1. The van der Waals surface area contributed by atoms with Crippen molar-refractivity contribution < 1.29 is 0 Å². The van der Waals surface area contributed by atoms with Gasteiger partial charge in [0.05, 0.1) is 18.2 Å². The molecule has 0 bridgehead atoms. The van der Waals surface area contributed by atoms with E-state index in [0.717, 1.165) is 11.3 Å². The van der Waals surface area contributed by atoms with E-state index >= 15 is 0 Å². The molecule has 0 unspecified atom stereocenters. The average Bonchev–Trinajstić information content (AvgIpc) is 2.46. The second kappa shape index (κ2) is 3.08. The first-order chi connectivity index (χ1) is 6.29. The summed E-state index contributed by atoms with van der Waals surface area (Å²) >= 11 is 5.79. The van der Waals surface area contributed by atoms with Crippen molar-refractivity contribution in [3.05, 3.63) is 35.2 Å². The number of pyridine rings is 1. The lowest BCUT2D eigenvalue weighted by atomic mass is 10.4. The van der Waals surface area contributed by atoms with Crippen LogP contribution >= 0.6 is 11.6 Å². The van der Waals surface area contributed by atoms with Gasteiger partial charge in [-0.15, -0.1) is 0 Å². The van der Waals surface area contributed by atoms with Gasteiger partial charge in [0.2, 0.25) is 0 Å². The van der Waals surface area contributed by atoms with Gasteiger partial charge in [-0.05, 0) is 12.1 Å². The molecule has 64 valence electrons. The molecular formula is C9H6ClN3. The van der Waals surface area contributed by atoms with Gasteiger partial charge in [0, 0.05) is 17.4 Å². The molecular weight excluding hydrogens is 186 g/mol. The highest BCUT2D eigenvalue weighted by Crippen LogP contribution is 2.12. The van der Waals surface area contributed by atoms with E-state index in [1.807, 2.05) is 16.8 Å². The number of hydrogen-bond donors (Lipinski definition) is 0. The van der Waals surface area contributed by atoms with E-state index in [2.05, 4.69) is 11.1 Å². The largest absolute Gasteiger partial charge is 0.307 e. The van der Waals surface area contributed by atoms with Crippen LogP contribution in [0.25, 0.3) is 5.65 Å². The molecule has 0 aliphatic carbocycles. The minimum absolute atomic E-state index is 0.333. The highest BCUT2D eigenvalue weighted by Gasteiger charge is 2.00. The maximum atomic E-state index is 8.47. The molecule has 2 aromatic rings. The van der Waals surface area contributed by atoms with Gasteiger partial charge < -0.3 is 4.40 Å². The van der Waals surface area contributed by atoms with Crippen molar-refractivity contribution >= 4 is 17.2 Å². The van der Waals surface area contributed by atoms with Crippen molar-refractivity contribution in [1.82, 2.24) is 9.38 Å². The smallest absolute Gasteiger partial charge is 0.138 e. The number of imidazole rings is 1. The normalized spacial score (nSPS) is 10.2. The van der Waals surface area contributed by atoms with Crippen molar-refractivity contribution in [2.24, 2.45) is 0 Å². The Bertz CT molecular complexity index is 481. The summed E-state index contributed by atoms with van der Waals surface area (Å²) in [4.78, 5) is 4.22. The van der Waals surface area contributed by atoms with Crippen LogP contribution in [-0.4, -0.2) is 9.38 Å². The molecule has 0 aromatic carbocycles. The molecule has 2 rings (SSSR count). The van der Waals surface area contributed by atoms with Gasteiger partial charge in [0.25, 0.3) is 0 Å². The summed E-state index contributed by atoms with van der Waals surface area (Å²) in [7, 11) is 0. The van der Waals surface area contributed by atoms with Crippen LogP contribution in [0.5, 0.6) is 0 Å². The van der Waals surface area contributed by atoms with Gasteiger partial charge in [0.15, 0.2) is 0 Å². The minimum atomic E-state index is 0.333. The zero-order valence-electron chi connectivity index (χ0n) is 6.74. The Kier molecular flexibility index (Phi) is 1.91. The van der Waals surface area contributed by atoms with Crippen molar-refractivity contribution in [2.75, 3.05) is 0 Å². The van der Waals surface area contributed by atoms with Crippen molar-refractivity contribution in [1.29, 1.82) is 5.26 Å². The summed E-state index contributed by atoms with van der Waals surface area (Å²) in [5.74, 6) is 0. The molecule has 4 heteroatoms. The van der Waals surface area contributed by atoms with E-state index in [-0.39, 0.29) is 0 Å². The fraction of sp³-hybridized carbons (Fsp3) is 0.111. The summed E-state index contributed by atoms with van der Waals surface area (Å²) in [6, 6.07) is 5.60.